The fourth-order valence-corrected chi connectivity index (χ4v) is 1.51. The summed E-state index contributed by atoms with van der Waals surface area (Å²) in [7, 11) is 1.83. The summed E-state index contributed by atoms with van der Waals surface area (Å²) in [6.45, 7) is 2.21. The van der Waals surface area contributed by atoms with E-state index in [0.717, 1.165) is 11.0 Å². The third-order valence-corrected chi connectivity index (χ3v) is 2.23. The first kappa shape index (κ1) is 10.8. The van der Waals surface area contributed by atoms with Crippen LogP contribution in [-0.2, 0) is 0 Å². The number of para-hydroxylation sites is 1. The average molecular weight is 218 g/mol. The van der Waals surface area contributed by atoms with Gasteiger partial charge < -0.3 is 10.0 Å². The molecule has 2 rings (SSSR count). The number of aliphatic hydroxyl groups is 1. The van der Waals surface area contributed by atoms with Gasteiger partial charge in [0.1, 0.15) is 5.52 Å². The molecular formula is C11H14N4O. The third kappa shape index (κ3) is 2.25. The highest BCUT2D eigenvalue weighted by molar-refractivity contribution is 5.74. The second-order valence-corrected chi connectivity index (χ2v) is 3.83. The molecule has 0 aliphatic carbocycles. The molecule has 1 unspecified atom stereocenters. The van der Waals surface area contributed by atoms with Crippen molar-refractivity contribution in [1.29, 1.82) is 0 Å². The van der Waals surface area contributed by atoms with Gasteiger partial charge in [-0.2, -0.15) is 0 Å². The van der Waals surface area contributed by atoms with Crippen molar-refractivity contribution in [2.75, 3.05) is 18.5 Å². The highest BCUT2D eigenvalue weighted by Gasteiger charge is 2.08. The van der Waals surface area contributed by atoms with E-state index in [0.29, 0.717) is 12.5 Å². The Morgan fingerprint density at radius 1 is 1.25 bits per heavy atom. The maximum absolute atomic E-state index is 9.28. The molecular weight excluding hydrogens is 204 g/mol. The summed E-state index contributed by atoms with van der Waals surface area (Å²) in [5.41, 5.74) is 1.58. The number of fused-ring (bicyclic) bond motifs is 1. The molecule has 2 aromatic rings. The topological polar surface area (TPSA) is 62.1 Å². The molecule has 0 bridgehead atoms. The minimum atomic E-state index is -0.417. The normalized spacial score (nSPS) is 12.7. The lowest BCUT2D eigenvalue weighted by molar-refractivity contribution is 0.201. The molecule has 1 aromatic heterocycles. The van der Waals surface area contributed by atoms with Crippen molar-refractivity contribution in [2.45, 2.75) is 13.0 Å². The fourth-order valence-electron chi connectivity index (χ4n) is 1.51. The summed E-state index contributed by atoms with van der Waals surface area (Å²) >= 11 is 0. The summed E-state index contributed by atoms with van der Waals surface area (Å²) in [4.78, 5) is 6.15. The Kier molecular flexibility index (Phi) is 2.96. The summed E-state index contributed by atoms with van der Waals surface area (Å²) in [6, 6.07) is 7.57. The van der Waals surface area contributed by atoms with Crippen LogP contribution >= 0.6 is 0 Å². The largest absolute Gasteiger partial charge is 0.392 e. The Hall–Kier alpha value is -1.75. The lowest BCUT2D eigenvalue weighted by Gasteiger charge is -2.17. The molecule has 0 radical (unpaired) electrons. The predicted octanol–water partition coefficient (Wildman–Crippen LogP) is 0.842. The van der Waals surface area contributed by atoms with Crippen LogP contribution in [0.25, 0.3) is 11.0 Å². The summed E-state index contributed by atoms with van der Waals surface area (Å²) < 4.78 is 0. The van der Waals surface area contributed by atoms with E-state index in [4.69, 9.17) is 0 Å². The van der Waals surface area contributed by atoms with E-state index in [1.807, 2.05) is 31.3 Å². The van der Waals surface area contributed by atoms with Crippen LogP contribution in [0.5, 0.6) is 0 Å². The second kappa shape index (κ2) is 4.40. The van der Waals surface area contributed by atoms with Crippen molar-refractivity contribution >= 4 is 17.0 Å². The minimum absolute atomic E-state index is 0.417. The minimum Gasteiger partial charge on any atom is -0.392 e. The van der Waals surface area contributed by atoms with Gasteiger partial charge in [-0.25, -0.2) is 4.98 Å². The SMILES string of the molecule is CC(O)CN(C)c1nnc2ccccc2n1. The second-order valence-electron chi connectivity index (χ2n) is 3.83. The van der Waals surface area contributed by atoms with Crippen molar-refractivity contribution in [3.05, 3.63) is 24.3 Å². The summed E-state index contributed by atoms with van der Waals surface area (Å²) in [5, 5.41) is 17.4. The van der Waals surface area contributed by atoms with E-state index in [9.17, 15) is 5.11 Å². The molecule has 5 heteroatoms. The van der Waals surface area contributed by atoms with E-state index in [1.54, 1.807) is 11.8 Å². The molecule has 0 aliphatic heterocycles. The monoisotopic (exact) mass is 218 g/mol. The lowest BCUT2D eigenvalue weighted by atomic mass is 10.3. The van der Waals surface area contributed by atoms with Gasteiger partial charge in [-0.3, -0.25) is 0 Å². The van der Waals surface area contributed by atoms with Gasteiger partial charge in [0.05, 0.1) is 11.6 Å². The average Bonchev–Trinajstić information content (AvgIpc) is 2.27. The standard InChI is InChI=1S/C11H14N4O/c1-8(16)7-15(2)11-12-9-5-3-4-6-10(9)13-14-11/h3-6,8,16H,7H2,1-2H3. The van der Waals surface area contributed by atoms with Gasteiger partial charge in [-0.15, -0.1) is 10.2 Å². The number of aliphatic hydroxyl groups excluding tert-OH is 1. The lowest BCUT2D eigenvalue weighted by Crippen LogP contribution is -2.28. The van der Waals surface area contributed by atoms with E-state index in [2.05, 4.69) is 15.2 Å². The molecule has 16 heavy (non-hydrogen) atoms. The van der Waals surface area contributed by atoms with Crippen molar-refractivity contribution in [3.8, 4) is 0 Å². The van der Waals surface area contributed by atoms with Gasteiger partial charge in [0.15, 0.2) is 0 Å². The van der Waals surface area contributed by atoms with Crippen LogP contribution in [0.15, 0.2) is 24.3 Å². The predicted molar refractivity (Wildman–Crippen MR) is 62.3 cm³/mol. The van der Waals surface area contributed by atoms with Crippen LogP contribution in [0.3, 0.4) is 0 Å². The first-order valence-corrected chi connectivity index (χ1v) is 5.15. The van der Waals surface area contributed by atoms with E-state index in [-0.39, 0.29) is 0 Å². The van der Waals surface area contributed by atoms with Crippen LogP contribution in [0.4, 0.5) is 5.95 Å². The van der Waals surface area contributed by atoms with Gasteiger partial charge in [0.25, 0.3) is 0 Å². The molecule has 1 heterocycles. The zero-order valence-corrected chi connectivity index (χ0v) is 9.33. The first-order valence-electron chi connectivity index (χ1n) is 5.15. The van der Waals surface area contributed by atoms with E-state index >= 15 is 0 Å². The van der Waals surface area contributed by atoms with Gasteiger partial charge in [0, 0.05) is 13.6 Å². The molecule has 0 saturated heterocycles. The number of nitrogens with zero attached hydrogens (tertiary/aromatic N) is 4. The smallest absolute Gasteiger partial charge is 0.245 e. The molecule has 0 fully saturated rings. The molecule has 0 saturated carbocycles. The Morgan fingerprint density at radius 3 is 2.62 bits per heavy atom. The van der Waals surface area contributed by atoms with Gasteiger partial charge >= 0.3 is 0 Å². The Morgan fingerprint density at radius 2 is 1.94 bits per heavy atom. The number of aromatic nitrogens is 3. The van der Waals surface area contributed by atoms with Crippen molar-refractivity contribution in [1.82, 2.24) is 15.2 Å². The molecule has 1 atom stereocenters. The number of hydrogen-bond acceptors (Lipinski definition) is 5. The number of anilines is 1. The zero-order chi connectivity index (χ0) is 11.5. The van der Waals surface area contributed by atoms with E-state index in [1.165, 1.54) is 0 Å². The molecule has 1 N–H and O–H groups in total. The molecule has 0 spiro atoms. The zero-order valence-electron chi connectivity index (χ0n) is 9.33. The molecule has 5 nitrogen and oxygen atoms in total. The van der Waals surface area contributed by atoms with Crippen LogP contribution in [0.1, 0.15) is 6.92 Å². The number of benzene rings is 1. The maximum Gasteiger partial charge on any atom is 0.245 e. The first-order chi connectivity index (χ1) is 7.66. The molecule has 1 aromatic carbocycles. The highest BCUT2D eigenvalue weighted by Crippen LogP contribution is 2.11. The van der Waals surface area contributed by atoms with Crippen LogP contribution < -0.4 is 4.90 Å². The van der Waals surface area contributed by atoms with Crippen molar-refractivity contribution in [3.63, 3.8) is 0 Å². The quantitative estimate of drug-likeness (QED) is 0.827. The summed E-state index contributed by atoms with van der Waals surface area (Å²) in [5.74, 6) is 0.527. The number of hydrogen-bond donors (Lipinski definition) is 1. The molecule has 84 valence electrons. The van der Waals surface area contributed by atoms with Gasteiger partial charge in [-0.1, -0.05) is 12.1 Å². The van der Waals surface area contributed by atoms with Crippen molar-refractivity contribution in [2.24, 2.45) is 0 Å². The van der Waals surface area contributed by atoms with Crippen LogP contribution in [-0.4, -0.2) is 40.0 Å². The fraction of sp³-hybridized carbons (Fsp3) is 0.364. The number of rotatable bonds is 3. The van der Waals surface area contributed by atoms with Crippen LogP contribution in [0.2, 0.25) is 0 Å². The number of likely N-dealkylation sites (N-methyl/N-ethyl adjacent to an activating group) is 1. The maximum atomic E-state index is 9.28. The highest BCUT2D eigenvalue weighted by atomic mass is 16.3. The van der Waals surface area contributed by atoms with Crippen molar-refractivity contribution < 1.29 is 5.11 Å². The molecule has 0 amide bonds. The Bertz CT molecular complexity index is 486. The van der Waals surface area contributed by atoms with E-state index < -0.39 is 6.10 Å². The van der Waals surface area contributed by atoms with Gasteiger partial charge in [-0.05, 0) is 19.1 Å². The van der Waals surface area contributed by atoms with Crippen LogP contribution in [0, 0.1) is 0 Å². The Labute approximate surface area is 93.8 Å². The Balaban J connectivity index is 2.32. The third-order valence-electron chi connectivity index (χ3n) is 2.23. The summed E-state index contributed by atoms with van der Waals surface area (Å²) in [6.07, 6.45) is -0.417. The van der Waals surface area contributed by atoms with Gasteiger partial charge in [0.2, 0.25) is 5.95 Å². The molecule has 0 aliphatic rings.